The van der Waals surface area contributed by atoms with E-state index < -0.39 is 17.2 Å². The van der Waals surface area contributed by atoms with Crippen molar-refractivity contribution in [2.24, 2.45) is 0 Å². The summed E-state index contributed by atoms with van der Waals surface area (Å²) in [6.07, 6.45) is 1.36. The van der Waals surface area contributed by atoms with Crippen LogP contribution in [0.15, 0.2) is 32.3 Å². The van der Waals surface area contributed by atoms with Crippen LogP contribution in [-0.4, -0.2) is 17.6 Å². The van der Waals surface area contributed by atoms with Crippen molar-refractivity contribution < 1.29 is 13.9 Å². The van der Waals surface area contributed by atoms with Gasteiger partial charge >= 0.3 is 11.6 Å². The van der Waals surface area contributed by atoms with Crippen LogP contribution in [0.3, 0.4) is 0 Å². The zero-order valence-corrected chi connectivity index (χ0v) is 8.98. The number of hydrogen-bond donors (Lipinski definition) is 1. The second kappa shape index (κ2) is 4.25. The predicted octanol–water partition coefficient (Wildman–Crippen LogP) is 0.658. The van der Waals surface area contributed by atoms with Gasteiger partial charge in [0.2, 0.25) is 0 Å². The van der Waals surface area contributed by atoms with Crippen LogP contribution in [0.5, 0.6) is 0 Å². The summed E-state index contributed by atoms with van der Waals surface area (Å²) < 4.78 is 9.55. The van der Waals surface area contributed by atoms with Crippen molar-refractivity contribution in [3.05, 3.63) is 44.7 Å². The number of aromatic amines is 1. The highest BCUT2D eigenvalue weighted by Gasteiger charge is 2.15. The average molecular weight is 235 g/mol. The van der Waals surface area contributed by atoms with Gasteiger partial charge in [0, 0.05) is 6.20 Å². The molecule has 0 unspecified atom stereocenters. The quantitative estimate of drug-likeness (QED) is 0.772. The molecule has 0 aliphatic heterocycles. The first kappa shape index (κ1) is 11.1. The van der Waals surface area contributed by atoms with Gasteiger partial charge in [-0.3, -0.25) is 4.79 Å². The fourth-order valence-corrected chi connectivity index (χ4v) is 1.41. The van der Waals surface area contributed by atoms with Crippen molar-refractivity contribution in [1.82, 2.24) is 4.98 Å². The van der Waals surface area contributed by atoms with E-state index in [4.69, 9.17) is 4.42 Å². The summed E-state index contributed by atoms with van der Waals surface area (Å²) in [6, 6.07) is 2.62. The fraction of sp³-hybridized carbons (Fsp3) is 0.182. The van der Waals surface area contributed by atoms with Gasteiger partial charge in [0.1, 0.15) is 11.1 Å². The van der Waals surface area contributed by atoms with Gasteiger partial charge in [0.05, 0.1) is 12.0 Å². The molecule has 2 rings (SSSR count). The molecule has 0 amide bonds. The molecular formula is C11H9NO5. The van der Waals surface area contributed by atoms with E-state index in [1.165, 1.54) is 18.3 Å². The molecule has 0 radical (unpaired) electrons. The summed E-state index contributed by atoms with van der Waals surface area (Å²) in [6.45, 7) is 1.76. The van der Waals surface area contributed by atoms with Crippen LogP contribution < -0.4 is 11.2 Å². The fourth-order valence-electron chi connectivity index (χ4n) is 1.41. The molecule has 88 valence electrons. The molecule has 0 aliphatic rings. The van der Waals surface area contributed by atoms with Crippen LogP contribution in [0.2, 0.25) is 0 Å². The molecule has 0 saturated carbocycles. The van der Waals surface area contributed by atoms with Gasteiger partial charge in [-0.25, -0.2) is 9.59 Å². The van der Waals surface area contributed by atoms with Crippen molar-refractivity contribution in [2.45, 2.75) is 6.92 Å². The Kier molecular flexibility index (Phi) is 2.78. The van der Waals surface area contributed by atoms with Gasteiger partial charge in [-0.15, -0.1) is 0 Å². The second-order valence-electron chi connectivity index (χ2n) is 3.25. The van der Waals surface area contributed by atoms with E-state index in [9.17, 15) is 14.4 Å². The Morgan fingerprint density at radius 2 is 2.24 bits per heavy atom. The molecule has 2 aromatic rings. The maximum atomic E-state index is 11.5. The van der Waals surface area contributed by atoms with Crippen LogP contribution in [0, 0.1) is 0 Å². The number of nitrogens with one attached hydrogen (secondary N) is 1. The molecule has 0 aliphatic carbocycles. The number of H-pyrrole nitrogens is 1. The van der Waals surface area contributed by atoms with Gasteiger partial charge in [0.25, 0.3) is 5.56 Å². The Morgan fingerprint density at radius 3 is 2.94 bits per heavy atom. The van der Waals surface area contributed by atoms with Crippen LogP contribution in [-0.2, 0) is 4.74 Å². The third-order valence-electron chi connectivity index (χ3n) is 2.17. The molecule has 1 N–H and O–H groups in total. The van der Waals surface area contributed by atoms with Crippen LogP contribution >= 0.6 is 0 Å². The summed E-state index contributed by atoms with van der Waals surface area (Å²) in [5, 5.41) is 0.134. The molecule has 0 aromatic carbocycles. The molecule has 2 aromatic heterocycles. The normalized spacial score (nSPS) is 10.4. The Balaban J connectivity index is 2.70. The first-order valence-electron chi connectivity index (χ1n) is 4.96. The van der Waals surface area contributed by atoms with Gasteiger partial charge in [-0.2, -0.15) is 0 Å². The van der Waals surface area contributed by atoms with E-state index in [-0.39, 0.29) is 23.1 Å². The van der Waals surface area contributed by atoms with Crippen molar-refractivity contribution in [2.75, 3.05) is 6.61 Å². The molecular weight excluding hydrogens is 226 g/mol. The topological polar surface area (TPSA) is 89.4 Å². The van der Waals surface area contributed by atoms with Crippen molar-refractivity contribution in [3.8, 4) is 0 Å². The first-order chi connectivity index (χ1) is 8.13. The molecule has 0 atom stereocenters. The second-order valence-corrected chi connectivity index (χ2v) is 3.25. The van der Waals surface area contributed by atoms with Crippen LogP contribution in [0.1, 0.15) is 17.3 Å². The van der Waals surface area contributed by atoms with E-state index >= 15 is 0 Å². The number of pyridine rings is 1. The molecule has 6 heteroatoms. The van der Waals surface area contributed by atoms with Crippen LogP contribution in [0.4, 0.5) is 0 Å². The Hall–Kier alpha value is -2.37. The van der Waals surface area contributed by atoms with Crippen molar-refractivity contribution in [3.63, 3.8) is 0 Å². The van der Waals surface area contributed by atoms with E-state index in [0.29, 0.717) is 0 Å². The summed E-state index contributed by atoms with van der Waals surface area (Å²) >= 11 is 0. The summed E-state index contributed by atoms with van der Waals surface area (Å²) in [7, 11) is 0. The maximum absolute atomic E-state index is 11.5. The number of carbonyl (C=O) groups excluding carboxylic acids is 1. The van der Waals surface area contributed by atoms with Gasteiger partial charge in [-0.1, -0.05) is 0 Å². The lowest BCUT2D eigenvalue weighted by Gasteiger charge is -2.01. The molecule has 6 nitrogen and oxygen atoms in total. The number of ether oxygens (including phenoxy) is 1. The average Bonchev–Trinajstić information content (AvgIpc) is 2.29. The SMILES string of the molecule is CCOC(=O)c1cc2c(=O)[nH]ccc2oc1=O. The number of aromatic nitrogens is 1. The summed E-state index contributed by atoms with van der Waals surface area (Å²) in [5.41, 5.74) is -1.40. The van der Waals surface area contributed by atoms with E-state index in [1.54, 1.807) is 6.92 Å². The Morgan fingerprint density at radius 1 is 1.47 bits per heavy atom. The first-order valence-corrected chi connectivity index (χ1v) is 4.96. The van der Waals surface area contributed by atoms with Crippen molar-refractivity contribution >= 4 is 16.9 Å². The lowest BCUT2D eigenvalue weighted by molar-refractivity contribution is 0.0522. The van der Waals surface area contributed by atoms with E-state index in [1.807, 2.05) is 0 Å². The smallest absolute Gasteiger partial charge is 0.351 e. The van der Waals surface area contributed by atoms with Gasteiger partial charge < -0.3 is 14.1 Å². The maximum Gasteiger partial charge on any atom is 0.351 e. The number of carbonyl (C=O) groups is 1. The minimum atomic E-state index is -0.818. The lowest BCUT2D eigenvalue weighted by Crippen LogP contribution is -2.18. The highest BCUT2D eigenvalue weighted by atomic mass is 16.5. The van der Waals surface area contributed by atoms with E-state index in [2.05, 4.69) is 9.72 Å². The minimum absolute atomic E-state index is 0.131. The minimum Gasteiger partial charge on any atom is -0.462 e. The zero-order chi connectivity index (χ0) is 12.4. The summed E-state index contributed by atoms with van der Waals surface area (Å²) in [4.78, 5) is 36.8. The molecule has 17 heavy (non-hydrogen) atoms. The van der Waals surface area contributed by atoms with Crippen molar-refractivity contribution in [1.29, 1.82) is 0 Å². The molecule has 0 bridgehead atoms. The lowest BCUT2D eigenvalue weighted by atomic mass is 10.2. The number of hydrogen-bond acceptors (Lipinski definition) is 5. The largest absolute Gasteiger partial charge is 0.462 e. The predicted molar refractivity (Wildman–Crippen MR) is 59.1 cm³/mol. The Bertz CT molecular complexity index is 682. The van der Waals surface area contributed by atoms with Gasteiger partial charge in [0.15, 0.2) is 0 Å². The highest BCUT2D eigenvalue weighted by molar-refractivity contribution is 5.92. The number of esters is 1. The molecule has 2 heterocycles. The Labute approximate surface area is 94.8 Å². The van der Waals surface area contributed by atoms with Crippen LogP contribution in [0.25, 0.3) is 11.0 Å². The third-order valence-corrected chi connectivity index (χ3v) is 2.17. The standard InChI is InChI=1S/C11H9NO5/c1-2-16-10(14)7-5-6-8(17-11(7)15)3-4-12-9(6)13/h3-5H,2H2,1H3,(H,12,13). The highest BCUT2D eigenvalue weighted by Crippen LogP contribution is 2.08. The molecule has 0 fully saturated rings. The third kappa shape index (κ3) is 1.96. The van der Waals surface area contributed by atoms with E-state index in [0.717, 1.165) is 0 Å². The monoisotopic (exact) mass is 235 g/mol. The number of fused-ring (bicyclic) bond motifs is 1. The summed E-state index contributed by atoms with van der Waals surface area (Å²) in [5.74, 6) is -0.800. The van der Waals surface area contributed by atoms with Gasteiger partial charge in [-0.05, 0) is 19.1 Å². The zero-order valence-electron chi connectivity index (χ0n) is 8.98. The molecule has 0 spiro atoms. The number of rotatable bonds is 2. The molecule has 0 saturated heterocycles.